The maximum Gasteiger partial charge on any atom is 0.569 e. The van der Waals surface area contributed by atoms with Crippen molar-refractivity contribution in [3.8, 4) is 11.4 Å². The van der Waals surface area contributed by atoms with Gasteiger partial charge in [-0.05, 0) is 36.2 Å². The van der Waals surface area contributed by atoms with Crippen LogP contribution in [0.4, 0.5) is 0 Å². The number of aromatic nitrogens is 3. The Bertz CT molecular complexity index is 1110. The first kappa shape index (κ1) is 19.0. The second kappa shape index (κ2) is 8.75. The van der Waals surface area contributed by atoms with E-state index in [1.165, 1.54) is 11.1 Å². The topological polar surface area (TPSA) is 42.1 Å². The summed E-state index contributed by atoms with van der Waals surface area (Å²) in [5.74, 6) is 0.643. The smallest absolute Gasteiger partial charge is 0.537 e. The summed E-state index contributed by atoms with van der Waals surface area (Å²) in [6.07, 6.45) is 10.4. The minimum atomic E-state index is 0.641. The molecule has 2 aromatic heterocycles. The van der Waals surface area contributed by atoms with E-state index in [4.69, 9.17) is 9.68 Å². The number of benzene rings is 2. The predicted molar refractivity (Wildman–Crippen MR) is 111 cm³/mol. The molecule has 0 unspecified atom stereocenters. The molecule has 0 aliphatic rings. The summed E-state index contributed by atoms with van der Waals surface area (Å²) in [6, 6.07) is 20.2. The highest BCUT2D eigenvalue weighted by Gasteiger charge is 2.14. The van der Waals surface area contributed by atoms with Crippen LogP contribution in [-0.2, 0) is 13.1 Å². The highest BCUT2D eigenvalue weighted by Crippen LogP contribution is 2.17. The second-order valence-corrected chi connectivity index (χ2v) is 6.99. The molecule has 1 N–H and O–H groups in total. The Hall–Kier alpha value is -3.38. The van der Waals surface area contributed by atoms with Crippen molar-refractivity contribution in [1.29, 1.82) is 0 Å². The Labute approximate surface area is 171 Å². The summed E-state index contributed by atoms with van der Waals surface area (Å²) in [5.41, 5.74) is 4.67. The molecule has 5 nitrogen and oxygen atoms in total. The van der Waals surface area contributed by atoms with E-state index in [1.54, 1.807) is 0 Å². The molecule has 0 spiro atoms. The Morgan fingerprint density at radius 1 is 0.897 bits per heavy atom. The van der Waals surface area contributed by atoms with Crippen LogP contribution in [-0.4, -0.2) is 17.3 Å². The molecule has 0 aliphatic carbocycles. The summed E-state index contributed by atoms with van der Waals surface area (Å²) in [6.45, 7) is 3.63. The van der Waals surface area contributed by atoms with E-state index in [0.717, 1.165) is 17.8 Å². The van der Waals surface area contributed by atoms with Crippen LogP contribution in [0.5, 0.6) is 5.75 Å². The van der Waals surface area contributed by atoms with E-state index < -0.39 is 0 Å². The van der Waals surface area contributed by atoms with E-state index in [2.05, 4.69) is 75.9 Å². The fourth-order valence-electron chi connectivity index (χ4n) is 3.39. The number of hydrogen-bond acceptors (Lipinski definition) is 2. The van der Waals surface area contributed by atoms with Crippen LogP contribution < -0.4 is 13.8 Å². The van der Waals surface area contributed by atoms with Crippen molar-refractivity contribution in [3.63, 3.8) is 0 Å². The Morgan fingerprint density at radius 2 is 1.66 bits per heavy atom. The Kier molecular flexibility index (Phi) is 5.72. The monoisotopic (exact) mass is 384 g/mol. The van der Waals surface area contributed by atoms with Gasteiger partial charge < -0.3 is 9.68 Å². The summed E-state index contributed by atoms with van der Waals surface area (Å²) < 4.78 is 11.6. The van der Waals surface area contributed by atoms with Gasteiger partial charge in [-0.2, -0.15) is 9.13 Å². The van der Waals surface area contributed by atoms with E-state index in [0.29, 0.717) is 20.0 Å². The van der Waals surface area contributed by atoms with Crippen LogP contribution in [0, 0.1) is 6.92 Å². The quantitative estimate of drug-likeness (QED) is 0.393. The van der Waals surface area contributed by atoms with Crippen LogP contribution in [0.3, 0.4) is 0 Å². The number of pyridine rings is 1. The van der Waals surface area contributed by atoms with Gasteiger partial charge in [-0.15, -0.1) is 0 Å². The number of para-hydroxylation sites is 1. The number of hydrogen-bond donors (Lipinski definition) is 1. The average molecular weight is 384 g/mol. The number of imidazole rings is 1. The minimum absolute atomic E-state index is 0.641. The van der Waals surface area contributed by atoms with Crippen LogP contribution in [0.2, 0.25) is 0 Å². The first-order chi connectivity index (χ1) is 14.2. The molecule has 4 rings (SSSR count). The lowest BCUT2D eigenvalue weighted by Gasteiger charge is -2.06. The third-order valence-electron chi connectivity index (χ3n) is 4.95. The maximum absolute atomic E-state index is 8.97. The standard InChI is InChI=1S/C23H23BN3O2/c1-19-7-2-3-8-20(19)15-26-13-14-27(18-26)22-10-6-12-25(17-22)16-21-9-4-5-11-23(21)29-24-28/h2-14,17-18,28H,15-16H2,1H3/q+2. The fourth-order valence-corrected chi connectivity index (χ4v) is 3.39. The molecular formula is C23H23BN3O2+2. The lowest BCUT2D eigenvalue weighted by Crippen LogP contribution is -2.34. The first-order valence-corrected chi connectivity index (χ1v) is 9.54. The van der Waals surface area contributed by atoms with Crippen molar-refractivity contribution in [2.75, 3.05) is 0 Å². The molecule has 0 aliphatic heterocycles. The van der Waals surface area contributed by atoms with Crippen molar-refractivity contribution in [1.82, 2.24) is 4.57 Å². The Morgan fingerprint density at radius 3 is 2.48 bits per heavy atom. The van der Waals surface area contributed by atoms with Crippen molar-refractivity contribution >= 4 is 7.69 Å². The summed E-state index contributed by atoms with van der Waals surface area (Å²) in [7, 11) is 0.715. The molecule has 143 valence electrons. The zero-order valence-corrected chi connectivity index (χ0v) is 16.3. The van der Waals surface area contributed by atoms with Gasteiger partial charge in [0.2, 0.25) is 12.5 Å². The molecule has 0 atom stereocenters. The molecule has 1 radical (unpaired) electrons. The lowest BCUT2D eigenvalue weighted by atomic mass is 10.1. The van der Waals surface area contributed by atoms with Gasteiger partial charge in [0.1, 0.15) is 24.7 Å². The maximum atomic E-state index is 8.97. The third kappa shape index (κ3) is 4.55. The van der Waals surface area contributed by atoms with Gasteiger partial charge in [0.25, 0.3) is 0 Å². The molecule has 0 amide bonds. The van der Waals surface area contributed by atoms with E-state index >= 15 is 0 Å². The van der Waals surface area contributed by atoms with Crippen LogP contribution in [0.1, 0.15) is 16.7 Å². The molecule has 2 heterocycles. The normalized spacial score (nSPS) is 10.7. The highest BCUT2D eigenvalue weighted by molar-refractivity contribution is 6.17. The third-order valence-corrected chi connectivity index (χ3v) is 4.95. The van der Waals surface area contributed by atoms with Crippen LogP contribution in [0.15, 0.2) is 91.8 Å². The molecule has 6 heteroatoms. The molecule has 29 heavy (non-hydrogen) atoms. The average Bonchev–Trinajstić information content (AvgIpc) is 3.20. The fraction of sp³-hybridized carbons (Fsp3) is 0.130. The van der Waals surface area contributed by atoms with Crippen LogP contribution >= 0.6 is 0 Å². The predicted octanol–water partition coefficient (Wildman–Crippen LogP) is 2.36. The van der Waals surface area contributed by atoms with Crippen molar-refractivity contribution < 1.29 is 18.8 Å². The number of rotatable bonds is 7. The van der Waals surface area contributed by atoms with Gasteiger partial charge in [0.15, 0.2) is 18.4 Å². The summed E-state index contributed by atoms with van der Waals surface area (Å²) >= 11 is 0. The SMILES string of the molecule is Cc1ccccc1C[n+]1ccn(-c2ccc[n+](Cc3ccccc3O[B]O)c2)c1. The van der Waals surface area contributed by atoms with Gasteiger partial charge in [0.05, 0.1) is 5.56 Å². The van der Waals surface area contributed by atoms with Gasteiger partial charge in [-0.1, -0.05) is 36.4 Å². The number of aryl methyl sites for hydroxylation is 1. The molecule has 2 aromatic carbocycles. The summed E-state index contributed by atoms with van der Waals surface area (Å²) in [4.78, 5) is 0. The molecule has 0 bridgehead atoms. The van der Waals surface area contributed by atoms with E-state index in [-0.39, 0.29) is 0 Å². The van der Waals surface area contributed by atoms with Crippen molar-refractivity contribution in [2.24, 2.45) is 0 Å². The highest BCUT2D eigenvalue weighted by atomic mass is 16.5. The van der Waals surface area contributed by atoms with E-state index in [1.807, 2.05) is 36.5 Å². The van der Waals surface area contributed by atoms with Crippen LogP contribution in [0.25, 0.3) is 5.69 Å². The van der Waals surface area contributed by atoms with Gasteiger partial charge in [-0.25, -0.2) is 4.57 Å². The molecule has 0 saturated carbocycles. The largest absolute Gasteiger partial charge is 0.569 e. The van der Waals surface area contributed by atoms with Gasteiger partial charge >= 0.3 is 7.69 Å². The minimum Gasteiger partial charge on any atom is -0.537 e. The van der Waals surface area contributed by atoms with Crippen molar-refractivity contribution in [2.45, 2.75) is 20.0 Å². The van der Waals surface area contributed by atoms with Gasteiger partial charge in [-0.3, -0.25) is 0 Å². The molecular weight excluding hydrogens is 361 g/mol. The number of nitrogens with zero attached hydrogens (tertiary/aromatic N) is 3. The molecule has 4 aromatic rings. The summed E-state index contributed by atoms with van der Waals surface area (Å²) in [5, 5.41) is 8.97. The zero-order chi connectivity index (χ0) is 20.1. The Balaban J connectivity index is 1.54. The first-order valence-electron chi connectivity index (χ1n) is 9.54. The molecule has 0 fully saturated rings. The second-order valence-electron chi connectivity index (χ2n) is 6.99. The van der Waals surface area contributed by atoms with Gasteiger partial charge in [0, 0.05) is 6.07 Å². The van der Waals surface area contributed by atoms with E-state index in [9.17, 15) is 0 Å². The zero-order valence-electron chi connectivity index (χ0n) is 16.3. The molecule has 0 saturated heterocycles. The lowest BCUT2D eigenvalue weighted by molar-refractivity contribution is -0.689. The van der Waals surface area contributed by atoms with Crippen molar-refractivity contribution in [3.05, 3.63) is 108 Å².